The summed E-state index contributed by atoms with van der Waals surface area (Å²) < 4.78 is 7.36. The minimum Gasteiger partial charge on any atom is -0.478 e. The number of rotatable bonds is 9. The summed E-state index contributed by atoms with van der Waals surface area (Å²) in [6, 6.07) is 21.1. The van der Waals surface area contributed by atoms with Gasteiger partial charge in [-0.25, -0.2) is 9.59 Å². The lowest BCUT2D eigenvalue weighted by Crippen LogP contribution is -2.16. The molecule has 2 aliphatic carbocycles. The van der Waals surface area contributed by atoms with E-state index in [1.54, 1.807) is 0 Å². The normalized spacial score (nSPS) is 14.5. The highest BCUT2D eigenvalue weighted by atomic mass is 16.5. The summed E-state index contributed by atoms with van der Waals surface area (Å²) in [5.74, 6) is -0.140. The predicted octanol–water partition coefficient (Wildman–Crippen LogP) is 10.6. The Hall–Kier alpha value is -5.24. The van der Waals surface area contributed by atoms with Gasteiger partial charge in [0.05, 0.1) is 29.6 Å². The smallest absolute Gasteiger partial charge is 0.339 e. The number of fused-ring (bicyclic) bond motifs is 2. The molecule has 2 aliphatic rings. The molecular formula is C47H54N4O4. The average molecular weight is 739 g/mol. The van der Waals surface area contributed by atoms with Gasteiger partial charge in [-0.1, -0.05) is 53.7 Å². The highest BCUT2D eigenvalue weighted by molar-refractivity contribution is 5.91. The van der Waals surface area contributed by atoms with Crippen LogP contribution in [0.1, 0.15) is 152 Å². The molecule has 0 spiro atoms. The fourth-order valence-electron chi connectivity index (χ4n) is 7.53. The molecule has 55 heavy (non-hydrogen) atoms. The highest BCUT2D eigenvalue weighted by Gasteiger charge is 2.28. The number of hydrogen-bond acceptors (Lipinski definition) is 5. The molecule has 8 heteroatoms. The number of carbonyl (C=O) groups excluding carboxylic acids is 1. The summed E-state index contributed by atoms with van der Waals surface area (Å²) >= 11 is 0. The Morgan fingerprint density at radius 3 is 1.85 bits per heavy atom. The standard InChI is InChI=1S/C24H28N2O2.C23H26N2O2/c1-5-26-21-9-6-15(10-17(21)13-22(26)24(2,3)4)11-20-19(23(27)28)12-18(14-25-20)16-7-8-16;1-23(2,3)21-12-16-9-14(5-8-19(16)25-21)10-20-18(22(26)27-4)11-17(13-24-20)15-6-7-15/h6,9-10,12-14,16H,5,7-8,11H2,1-4H3,(H,27,28);5,8-9,11-13,15,25H,6-7,10H2,1-4H3. The van der Waals surface area contributed by atoms with E-state index in [0.29, 0.717) is 41.5 Å². The van der Waals surface area contributed by atoms with Crippen molar-refractivity contribution in [2.24, 2.45) is 0 Å². The van der Waals surface area contributed by atoms with Crippen molar-refractivity contribution in [2.45, 2.75) is 116 Å². The Morgan fingerprint density at radius 2 is 1.33 bits per heavy atom. The van der Waals surface area contributed by atoms with Gasteiger partial charge in [0.1, 0.15) is 0 Å². The number of aromatic nitrogens is 4. The predicted molar refractivity (Wildman–Crippen MR) is 220 cm³/mol. The maximum atomic E-state index is 12.3. The first-order chi connectivity index (χ1) is 26.1. The molecule has 4 heterocycles. The summed E-state index contributed by atoms with van der Waals surface area (Å²) in [4.78, 5) is 36.7. The highest BCUT2D eigenvalue weighted by Crippen LogP contribution is 2.41. The van der Waals surface area contributed by atoms with Gasteiger partial charge in [0.2, 0.25) is 0 Å². The van der Waals surface area contributed by atoms with E-state index in [1.807, 2.05) is 24.5 Å². The van der Waals surface area contributed by atoms with Crippen molar-refractivity contribution in [3.8, 4) is 0 Å². The van der Waals surface area contributed by atoms with Crippen molar-refractivity contribution in [2.75, 3.05) is 7.11 Å². The zero-order chi connectivity index (χ0) is 39.2. The number of hydrogen-bond donors (Lipinski definition) is 2. The number of nitrogens with one attached hydrogen (secondary N) is 1. The second kappa shape index (κ2) is 14.8. The van der Waals surface area contributed by atoms with Gasteiger partial charge in [-0.15, -0.1) is 0 Å². The molecule has 8 nitrogen and oxygen atoms in total. The van der Waals surface area contributed by atoms with E-state index in [1.165, 1.54) is 47.6 Å². The Balaban J connectivity index is 0.000000169. The van der Waals surface area contributed by atoms with E-state index in [9.17, 15) is 14.7 Å². The van der Waals surface area contributed by atoms with Crippen LogP contribution in [-0.2, 0) is 35.0 Å². The SMILES string of the molecule is CCn1c(C(C)(C)C)cc2cc(Cc3ncc(C4CC4)cc3C(=O)O)ccc21.COC(=O)c1cc(C2CC2)cnc1Cc1ccc2[nH]c(C(C)(C)C)cc2c1. The van der Waals surface area contributed by atoms with Gasteiger partial charge in [-0.2, -0.15) is 0 Å². The van der Waals surface area contributed by atoms with Crippen LogP contribution in [0.15, 0.2) is 73.1 Å². The third-order valence-corrected chi connectivity index (χ3v) is 11.0. The van der Waals surface area contributed by atoms with Gasteiger partial charge >= 0.3 is 11.9 Å². The Labute approximate surface area is 324 Å². The average Bonchev–Trinajstić information content (AvgIpc) is 4.08. The van der Waals surface area contributed by atoms with Crippen LogP contribution in [0, 0.1) is 0 Å². The van der Waals surface area contributed by atoms with Gasteiger partial charge in [0, 0.05) is 70.4 Å². The second-order valence-corrected chi connectivity index (χ2v) is 17.5. The Bertz CT molecular complexity index is 2400. The number of aromatic amines is 1. The summed E-state index contributed by atoms with van der Waals surface area (Å²) in [6.45, 7) is 16.4. The minimum atomic E-state index is -0.891. The fourth-order valence-corrected chi connectivity index (χ4v) is 7.53. The zero-order valence-corrected chi connectivity index (χ0v) is 33.5. The summed E-state index contributed by atoms with van der Waals surface area (Å²) in [6.07, 6.45) is 9.58. The maximum Gasteiger partial charge on any atom is 0.339 e. The molecular weight excluding hydrogens is 685 g/mol. The van der Waals surface area contributed by atoms with Crippen LogP contribution in [0.25, 0.3) is 21.8 Å². The first-order valence-corrected chi connectivity index (χ1v) is 19.7. The Morgan fingerprint density at radius 1 is 0.764 bits per heavy atom. The third kappa shape index (κ3) is 8.38. The van der Waals surface area contributed by atoms with Crippen molar-refractivity contribution in [3.63, 3.8) is 0 Å². The number of pyridine rings is 2. The molecule has 0 saturated heterocycles. The summed E-state index contributed by atoms with van der Waals surface area (Å²) in [7, 11) is 1.43. The molecule has 0 amide bonds. The molecule has 0 unspecified atom stereocenters. The number of carbonyl (C=O) groups is 2. The van der Waals surface area contributed by atoms with Gasteiger partial charge in [0.25, 0.3) is 0 Å². The number of benzene rings is 2. The number of carboxylic acids is 1. The molecule has 286 valence electrons. The largest absolute Gasteiger partial charge is 0.478 e. The lowest BCUT2D eigenvalue weighted by molar-refractivity contribution is 0.0598. The van der Waals surface area contributed by atoms with Crippen LogP contribution >= 0.6 is 0 Å². The minimum absolute atomic E-state index is 0.0753. The van der Waals surface area contributed by atoms with E-state index in [2.05, 4.69) is 117 Å². The van der Waals surface area contributed by atoms with Gasteiger partial charge in [-0.3, -0.25) is 9.97 Å². The monoisotopic (exact) mass is 738 g/mol. The van der Waals surface area contributed by atoms with Crippen LogP contribution in [0.2, 0.25) is 0 Å². The lowest BCUT2D eigenvalue weighted by atomic mass is 9.92. The van der Waals surface area contributed by atoms with Crippen LogP contribution in [0.4, 0.5) is 0 Å². The second-order valence-electron chi connectivity index (χ2n) is 17.5. The number of carboxylic acid groups (broad SMARTS) is 1. The molecule has 4 aromatic heterocycles. The van der Waals surface area contributed by atoms with Crippen molar-refractivity contribution in [1.29, 1.82) is 0 Å². The van der Waals surface area contributed by atoms with Gasteiger partial charge in [-0.05, 0) is 121 Å². The van der Waals surface area contributed by atoms with E-state index in [0.717, 1.165) is 52.9 Å². The molecule has 8 rings (SSSR count). The maximum absolute atomic E-state index is 12.3. The first-order valence-electron chi connectivity index (χ1n) is 19.7. The van der Waals surface area contributed by atoms with Crippen LogP contribution in [0.5, 0.6) is 0 Å². The molecule has 6 aromatic rings. The van der Waals surface area contributed by atoms with E-state index < -0.39 is 5.97 Å². The number of H-pyrrole nitrogens is 1. The quantitative estimate of drug-likeness (QED) is 0.143. The molecule has 0 radical (unpaired) electrons. The summed E-state index contributed by atoms with van der Waals surface area (Å²) in [5.41, 5.74) is 11.8. The van der Waals surface area contributed by atoms with Crippen molar-refractivity contribution in [1.82, 2.24) is 19.5 Å². The summed E-state index contributed by atoms with van der Waals surface area (Å²) in [5, 5.41) is 12.1. The number of ether oxygens (including phenoxy) is 1. The number of nitrogens with zero attached hydrogens (tertiary/aromatic N) is 3. The van der Waals surface area contributed by atoms with Crippen LogP contribution in [0.3, 0.4) is 0 Å². The Kier molecular flexibility index (Phi) is 10.2. The van der Waals surface area contributed by atoms with Crippen LogP contribution < -0.4 is 0 Å². The van der Waals surface area contributed by atoms with E-state index in [-0.39, 0.29) is 16.8 Å². The molecule has 0 atom stereocenters. The number of methoxy groups -OCH3 is 1. The number of aryl methyl sites for hydroxylation is 1. The van der Waals surface area contributed by atoms with E-state index >= 15 is 0 Å². The van der Waals surface area contributed by atoms with Gasteiger partial charge in [0.15, 0.2) is 0 Å². The topological polar surface area (TPSA) is 110 Å². The lowest BCUT2D eigenvalue weighted by Gasteiger charge is -2.21. The third-order valence-electron chi connectivity index (χ3n) is 11.0. The molecule has 0 aliphatic heterocycles. The van der Waals surface area contributed by atoms with Crippen molar-refractivity contribution < 1.29 is 19.4 Å². The zero-order valence-electron chi connectivity index (χ0n) is 33.5. The molecule has 2 fully saturated rings. The number of esters is 1. The molecule has 2 N–H and O–H groups in total. The molecule has 0 bridgehead atoms. The molecule has 2 aromatic carbocycles. The fraction of sp³-hybridized carbons (Fsp3) is 0.404. The number of aromatic carboxylic acids is 1. The van der Waals surface area contributed by atoms with Crippen molar-refractivity contribution in [3.05, 3.63) is 129 Å². The van der Waals surface area contributed by atoms with Gasteiger partial charge < -0.3 is 19.4 Å². The molecule has 2 saturated carbocycles. The van der Waals surface area contributed by atoms with Crippen LogP contribution in [-0.4, -0.2) is 43.7 Å². The van der Waals surface area contributed by atoms with Crippen molar-refractivity contribution >= 4 is 33.7 Å². The first kappa shape index (κ1) is 38.1. The van der Waals surface area contributed by atoms with E-state index in [4.69, 9.17) is 4.74 Å².